The molecule has 1 aliphatic carbocycles. The minimum absolute atomic E-state index is 0.0596. The molecule has 0 unspecified atom stereocenters. The van der Waals surface area contributed by atoms with Crippen LogP contribution in [0.25, 0.3) is 0 Å². The molecule has 1 aromatic rings. The molecule has 80 valence electrons. The lowest BCUT2D eigenvalue weighted by molar-refractivity contribution is -0.490. The van der Waals surface area contributed by atoms with E-state index < -0.39 is 28.3 Å². The summed E-state index contributed by atoms with van der Waals surface area (Å²) < 4.78 is 0. The Morgan fingerprint density at radius 2 is 1.56 bits per heavy atom. The third-order valence-corrected chi connectivity index (χ3v) is 2.37. The van der Waals surface area contributed by atoms with Gasteiger partial charge in [0, 0.05) is 16.1 Å². The monoisotopic (exact) mass is 219 g/mol. The highest BCUT2D eigenvalue weighted by Crippen LogP contribution is 2.20. The van der Waals surface area contributed by atoms with Crippen LogP contribution in [0.4, 0.5) is 0 Å². The molecule has 16 heavy (non-hydrogen) atoms. The van der Waals surface area contributed by atoms with Crippen molar-refractivity contribution >= 4 is 17.3 Å². The Morgan fingerprint density at radius 3 is 2.12 bits per heavy atom. The van der Waals surface area contributed by atoms with E-state index in [-0.39, 0.29) is 11.1 Å². The van der Waals surface area contributed by atoms with Gasteiger partial charge in [0.2, 0.25) is 11.6 Å². The van der Waals surface area contributed by atoms with Crippen molar-refractivity contribution in [2.75, 3.05) is 0 Å². The number of benzene rings is 1. The van der Waals surface area contributed by atoms with E-state index in [1.807, 2.05) is 0 Å². The van der Waals surface area contributed by atoms with Crippen LogP contribution < -0.4 is 0 Å². The van der Waals surface area contributed by atoms with Gasteiger partial charge in [-0.1, -0.05) is 24.3 Å². The smallest absolute Gasteiger partial charge is 0.286 e. The molecule has 0 aliphatic heterocycles. The minimum atomic E-state index is -2.08. The maximum absolute atomic E-state index is 11.6. The van der Waals surface area contributed by atoms with Crippen LogP contribution in [-0.2, 0) is 4.79 Å². The molecule has 0 spiro atoms. The first-order valence-corrected chi connectivity index (χ1v) is 4.39. The van der Waals surface area contributed by atoms with E-state index in [0.717, 1.165) is 0 Å². The van der Waals surface area contributed by atoms with Crippen molar-refractivity contribution in [3.05, 3.63) is 45.5 Å². The zero-order valence-corrected chi connectivity index (χ0v) is 7.88. The quantitative estimate of drug-likeness (QED) is 0.292. The van der Waals surface area contributed by atoms with Crippen LogP contribution in [0.3, 0.4) is 0 Å². The summed E-state index contributed by atoms with van der Waals surface area (Å²) in [6.45, 7) is 0. The topological polar surface area (TPSA) is 94.3 Å². The number of ketones is 3. The second-order valence-electron chi connectivity index (χ2n) is 3.29. The highest BCUT2D eigenvalue weighted by molar-refractivity contribution is 6.52. The summed E-state index contributed by atoms with van der Waals surface area (Å²) in [5.41, 5.74) is -0.121. The van der Waals surface area contributed by atoms with Gasteiger partial charge in [-0.15, -0.1) is 0 Å². The molecule has 1 aromatic carbocycles. The summed E-state index contributed by atoms with van der Waals surface area (Å²) in [4.78, 5) is 43.9. The fourth-order valence-electron chi connectivity index (χ4n) is 1.61. The predicted octanol–water partition coefficient (Wildman–Crippen LogP) is 0.280. The molecule has 0 heterocycles. The maximum Gasteiger partial charge on any atom is 0.339 e. The second-order valence-corrected chi connectivity index (χ2v) is 3.29. The van der Waals surface area contributed by atoms with Crippen LogP contribution >= 0.6 is 0 Å². The van der Waals surface area contributed by atoms with E-state index in [1.54, 1.807) is 0 Å². The van der Waals surface area contributed by atoms with Crippen LogP contribution in [0.5, 0.6) is 0 Å². The standard InChI is InChI=1S/C10H5NO5/c12-8-5-3-1-2-4-6(5)9(13)10(14)7(8)11(15)16/h1-4,7H/t7-/m0/s1. The second kappa shape index (κ2) is 3.34. The number of hydrogen-bond donors (Lipinski definition) is 0. The van der Waals surface area contributed by atoms with Gasteiger partial charge in [0.25, 0.3) is 5.78 Å². The van der Waals surface area contributed by atoms with Gasteiger partial charge in [-0.25, -0.2) is 0 Å². The van der Waals surface area contributed by atoms with Gasteiger partial charge in [0.15, 0.2) is 0 Å². The van der Waals surface area contributed by atoms with Crippen LogP contribution in [0.15, 0.2) is 24.3 Å². The van der Waals surface area contributed by atoms with Gasteiger partial charge < -0.3 is 0 Å². The molecule has 1 aliphatic rings. The van der Waals surface area contributed by atoms with Gasteiger partial charge in [0.1, 0.15) is 0 Å². The number of carbonyl (C=O) groups excluding carboxylic acids is 3. The molecule has 0 bridgehead atoms. The third kappa shape index (κ3) is 1.23. The lowest BCUT2D eigenvalue weighted by atomic mass is 9.85. The lowest BCUT2D eigenvalue weighted by Crippen LogP contribution is -2.46. The SMILES string of the molecule is O=C1C(=O)[C@@H]([N+](=O)[O-])C(=O)c2ccccc21. The first-order chi connectivity index (χ1) is 7.54. The zero-order valence-electron chi connectivity index (χ0n) is 7.88. The molecule has 6 nitrogen and oxygen atoms in total. The Bertz CT molecular complexity index is 534. The fraction of sp³-hybridized carbons (Fsp3) is 0.100. The molecule has 6 heteroatoms. The van der Waals surface area contributed by atoms with Crippen molar-refractivity contribution < 1.29 is 19.3 Å². The van der Waals surface area contributed by atoms with E-state index in [1.165, 1.54) is 24.3 Å². The van der Waals surface area contributed by atoms with E-state index in [4.69, 9.17) is 0 Å². The molecule has 0 N–H and O–H groups in total. The summed E-state index contributed by atoms with van der Waals surface area (Å²) in [6, 6.07) is 3.50. The van der Waals surface area contributed by atoms with Gasteiger partial charge >= 0.3 is 6.04 Å². The summed E-state index contributed by atoms with van der Waals surface area (Å²) in [5, 5.41) is 10.5. The average Bonchev–Trinajstić information content (AvgIpc) is 2.26. The van der Waals surface area contributed by atoms with Crippen molar-refractivity contribution in [3.8, 4) is 0 Å². The van der Waals surface area contributed by atoms with Crippen molar-refractivity contribution in [2.45, 2.75) is 6.04 Å². The number of Topliss-reactive ketones (excluding diaryl/α,β-unsaturated/α-hetero) is 3. The minimum Gasteiger partial charge on any atom is -0.286 e. The summed E-state index contributed by atoms with van der Waals surface area (Å²) >= 11 is 0. The van der Waals surface area contributed by atoms with E-state index >= 15 is 0 Å². The van der Waals surface area contributed by atoms with Gasteiger partial charge in [-0.2, -0.15) is 0 Å². The summed E-state index contributed by atoms with van der Waals surface area (Å²) in [7, 11) is 0. The third-order valence-electron chi connectivity index (χ3n) is 2.37. The molecule has 0 aromatic heterocycles. The molecular weight excluding hydrogens is 214 g/mol. The van der Waals surface area contributed by atoms with Crippen molar-refractivity contribution in [1.29, 1.82) is 0 Å². The maximum atomic E-state index is 11.6. The normalized spacial score (nSPS) is 19.5. The number of hydrogen-bond acceptors (Lipinski definition) is 5. The highest BCUT2D eigenvalue weighted by Gasteiger charge is 2.48. The highest BCUT2D eigenvalue weighted by atomic mass is 16.6. The molecule has 0 amide bonds. The predicted molar refractivity (Wildman–Crippen MR) is 50.9 cm³/mol. The van der Waals surface area contributed by atoms with E-state index in [2.05, 4.69) is 0 Å². The van der Waals surface area contributed by atoms with Crippen LogP contribution in [-0.4, -0.2) is 28.3 Å². The Hall–Kier alpha value is -2.37. The zero-order chi connectivity index (χ0) is 11.9. The lowest BCUT2D eigenvalue weighted by Gasteiger charge is -2.14. The molecule has 0 radical (unpaired) electrons. The first kappa shape index (κ1) is 10.2. The van der Waals surface area contributed by atoms with Crippen LogP contribution in [0.1, 0.15) is 20.7 Å². The molecule has 2 rings (SSSR count). The Kier molecular flexibility index (Phi) is 2.12. The number of fused-ring (bicyclic) bond motifs is 1. The Labute approximate surface area is 89.0 Å². The molecule has 0 saturated carbocycles. The van der Waals surface area contributed by atoms with Crippen molar-refractivity contribution in [2.24, 2.45) is 0 Å². The molecule has 0 fully saturated rings. The van der Waals surface area contributed by atoms with Gasteiger partial charge in [-0.05, 0) is 0 Å². The number of rotatable bonds is 1. The molecule has 0 saturated heterocycles. The van der Waals surface area contributed by atoms with Crippen molar-refractivity contribution in [1.82, 2.24) is 0 Å². The number of nitro groups is 1. The van der Waals surface area contributed by atoms with E-state index in [9.17, 15) is 24.5 Å². The summed E-state index contributed by atoms with van der Waals surface area (Å²) in [6.07, 6.45) is 0. The van der Waals surface area contributed by atoms with Crippen LogP contribution in [0.2, 0.25) is 0 Å². The largest absolute Gasteiger partial charge is 0.339 e. The average molecular weight is 219 g/mol. The van der Waals surface area contributed by atoms with Gasteiger partial charge in [0.05, 0.1) is 0 Å². The fourth-order valence-corrected chi connectivity index (χ4v) is 1.61. The Balaban J connectivity index is 2.65. The number of nitrogens with zero attached hydrogens (tertiary/aromatic N) is 1. The molecule has 1 atom stereocenters. The van der Waals surface area contributed by atoms with Crippen molar-refractivity contribution in [3.63, 3.8) is 0 Å². The van der Waals surface area contributed by atoms with E-state index in [0.29, 0.717) is 0 Å². The number of carbonyl (C=O) groups is 3. The van der Waals surface area contributed by atoms with Gasteiger partial charge in [-0.3, -0.25) is 24.5 Å². The summed E-state index contributed by atoms with van der Waals surface area (Å²) in [5.74, 6) is -3.17. The Morgan fingerprint density at radius 1 is 1.00 bits per heavy atom. The molecular formula is C10H5NO5. The first-order valence-electron chi connectivity index (χ1n) is 4.39. The van der Waals surface area contributed by atoms with Crippen LogP contribution in [0, 0.1) is 10.1 Å².